The number of ether oxygens (including phenoxy) is 1. The molecule has 126 valence electrons. The number of aromatic hydroxyl groups is 1. The SMILES string of the molecule is Oc1c(Cl)cc(Cl)cc1/C=N/Nc1cc(N2CCOCC2)ncn1. The number of hydrogen-bond donors (Lipinski definition) is 2. The van der Waals surface area contributed by atoms with Crippen LogP contribution >= 0.6 is 23.2 Å². The smallest absolute Gasteiger partial charge is 0.151 e. The van der Waals surface area contributed by atoms with E-state index in [-0.39, 0.29) is 10.8 Å². The van der Waals surface area contributed by atoms with Gasteiger partial charge in [-0.1, -0.05) is 23.2 Å². The highest BCUT2D eigenvalue weighted by Gasteiger charge is 2.12. The fourth-order valence-electron chi connectivity index (χ4n) is 2.23. The molecule has 0 bridgehead atoms. The Bertz CT molecular complexity index is 751. The van der Waals surface area contributed by atoms with E-state index < -0.39 is 0 Å². The lowest BCUT2D eigenvalue weighted by atomic mass is 10.2. The van der Waals surface area contributed by atoms with Gasteiger partial charge in [-0.3, -0.25) is 5.43 Å². The normalized spacial score (nSPS) is 15.0. The molecule has 1 fully saturated rings. The zero-order valence-electron chi connectivity index (χ0n) is 12.6. The summed E-state index contributed by atoms with van der Waals surface area (Å²) < 4.78 is 5.33. The van der Waals surface area contributed by atoms with Crippen molar-refractivity contribution in [3.8, 4) is 5.75 Å². The van der Waals surface area contributed by atoms with E-state index in [1.807, 2.05) is 0 Å². The second-order valence-corrected chi connectivity index (χ2v) is 5.90. The standard InChI is InChI=1S/C15H15Cl2N5O2/c16-11-5-10(15(23)12(17)6-11)8-20-21-13-7-14(19-9-18-13)22-1-3-24-4-2-22/h5-9,23H,1-4H2,(H,18,19,21)/b20-8+. The van der Waals surface area contributed by atoms with Crippen LogP contribution in [0.25, 0.3) is 0 Å². The molecule has 24 heavy (non-hydrogen) atoms. The predicted molar refractivity (Wildman–Crippen MR) is 94.4 cm³/mol. The van der Waals surface area contributed by atoms with E-state index in [1.54, 1.807) is 12.1 Å². The Morgan fingerprint density at radius 1 is 1.21 bits per heavy atom. The van der Waals surface area contributed by atoms with Gasteiger partial charge in [-0.25, -0.2) is 9.97 Å². The summed E-state index contributed by atoms with van der Waals surface area (Å²) in [4.78, 5) is 10.5. The van der Waals surface area contributed by atoms with Crippen molar-refractivity contribution in [3.63, 3.8) is 0 Å². The Hall–Kier alpha value is -2.09. The van der Waals surface area contributed by atoms with E-state index in [4.69, 9.17) is 27.9 Å². The van der Waals surface area contributed by atoms with Gasteiger partial charge in [0.15, 0.2) is 5.82 Å². The molecule has 1 aliphatic rings. The number of hydrazone groups is 1. The third-order valence-corrected chi connectivity index (χ3v) is 3.93. The molecule has 1 aromatic heterocycles. The van der Waals surface area contributed by atoms with Crippen molar-refractivity contribution in [2.75, 3.05) is 36.6 Å². The van der Waals surface area contributed by atoms with Crippen LogP contribution in [0.5, 0.6) is 5.75 Å². The average molecular weight is 368 g/mol. The highest BCUT2D eigenvalue weighted by atomic mass is 35.5. The van der Waals surface area contributed by atoms with Crippen LogP contribution in [-0.2, 0) is 4.74 Å². The summed E-state index contributed by atoms with van der Waals surface area (Å²) >= 11 is 11.8. The Labute approximate surface area is 148 Å². The summed E-state index contributed by atoms with van der Waals surface area (Å²) in [6, 6.07) is 4.82. The molecule has 0 radical (unpaired) electrons. The number of benzene rings is 1. The van der Waals surface area contributed by atoms with E-state index in [0.717, 1.165) is 18.9 Å². The maximum absolute atomic E-state index is 9.88. The molecule has 2 heterocycles. The highest BCUT2D eigenvalue weighted by Crippen LogP contribution is 2.30. The first-order chi connectivity index (χ1) is 11.6. The second-order valence-electron chi connectivity index (χ2n) is 5.06. The van der Waals surface area contributed by atoms with Crippen LogP contribution in [-0.4, -0.2) is 47.6 Å². The number of nitrogens with one attached hydrogen (secondary N) is 1. The van der Waals surface area contributed by atoms with Gasteiger partial charge < -0.3 is 14.7 Å². The van der Waals surface area contributed by atoms with Crippen LogP contribution in [0.1, 0.15) is 5.56 Å². The van der Waals surface area contributed by atoms with Gasteiger partial charge in [0, 0.05) is 29.7 Å². The van der Waals surface area contributed by atoms with E-state index in [1.165, 1.54) is 18.6 Å². The first kappa shape index (κ1) is 16.8. The van der Waals surface area contributed by atoms with Crippen LogP contribution < -0.4 is 10.3 Å². The predicted octanol–water partition coefficient (Wildman–Crippen LogP) is 2.77. The molecule has 0 spiro atoms. The van der Waals surface area contributed by atoms with E-state index >= 15 is 0 Å². The van der Waals surface area contributed by atoms with Crippen molar-refractivity contribution in [2.24, 2.45) is 5.10 Å². The van der Waals surface area contributed by atoms with Gasteiger partial charge in [0.25, 0.3) is 0 Å². The first-order valence-electron chi connectivity index (χ1n) is 7.25. The van der Waals surface area contributed by atoms with Crippen molar-refractivity contribution in [2.45, 2.75) is 0 Å². The number of morpholine rings is 1. The molecule has 0 saturated carbocycles. The molecular formula is C15H15Cl2N5O2. The fraction of sp³-hybridized carbons (Fsp3) is 0.267. The van der Waals surface area contributed by atoms with Gasteiger partial charge in [-0.2, -0.15) is 5.10 Å². The molecule has 7 nitrogen and oxygen atoms in total. The minimum atomic E-state index is -0.0803. The summed E-state index contributed by atoms with van der Waals surface area (Å²) in [6.45, 7) is 2.93. The van der Waals surface area contributed by atoms with Gasteiger partial charge in [0.1, 0.15) is 17.9 Å². The molecule has 0 amide bonds. The minimum absolute atomic E-state index is 0.0803. The maximum Gasteiger partial charge on any atom is 0.151 e. The summed E-state index contributed by atoms with van der Waals surface area (Å²) in [5.74, 6) is 1.26. The number of nitrogens with zero attached hydrogens (tertiary/aromatic N) is 4. The molecule has 0 unspecified atom stereocenters. The molecular weight excluding hydrogens is 353 g/mol. The fourth-order valence-corrected chi connectivity index (χ4v) is 2.73. The Morgan fingerprint density at radius 2 is 2.00 bits per heavy atom. The average Bonchev–Trinajstić information content (AvgIpc) is 2.60. The van der Waals surface area contributed by atoms with Crippen molar-refractivity contribution >= 4 is 41.1 Å². The summed E-state index contributed by atoms with van der Waals surface area (Å²) in [7, 11) is 0. The van der Waals surface area contributed by atoms with Crippen molar-refractivity contribution in [1.82, 2.24) is 9.97 Å². The Kier molecular flexibility index (Phi) is 5.34. The topological polar surface area (TPSA) is 82.9 Å². The van der Waals surface area contributed by atoms with Gasteiger partial charge in [-0.05, 0) is 12.1 Å². The van der Waals surface area contributed by atoms with E-state index in [0.29, 0.717) is 29.6 Å². The third kappa shape index (κ3) is 4.05. The molecule has 0 aliphatic carbocycles. The molecule has 1 aromatic carbocycles. The number of anilines is 2. The number of halogens is 2. The number of aromatic nitrogens is 2. The number of hydrogen-bond acceptors (Lipinski definition) is 7. The molecule has 9 heteroatoms. The molecule has 0 atom stereocenters. The van der Waals surface area contributed by atoms with Crippen LogP contribution in [0.3, 0.4) is 0 Å². The molecule has 3 rings (SSSR count). The molecule has 2 aromatic rings. The lowest BCUT2D eigenvalue weighted by molar-refractivity contribution is 0.122. The molecule has 2 N–H and O–H groups in total. The lowest BCUT2D eigenvalue weighted by Crippen LogP contribution is -2.36. The zero-order chi connectivity index (χ0) is 16.9. The highest BCUT2D eigenvalue weighted by molar-refractivity contribution is 6.36. The van der Waals surface area contributed by atoms with Crippen LogP contribution in [0, 0.1) is 0 Å². The number of phenols is 1. The quantitative estimate of drug-likeness (QED) is 0.638. The van der Waals surface area contributed by atoms with Gasteiger partial charge >= 0.3 is 0 Å². The van der Waals surface area contributed by atoms with Crippen molar-refractivity contribution < 1.29 is 9.84 Å². The first-order valence-corrected chi connectivity index (χ1v) is 8.01. The van der Waals surface area contributed by atoms with Gasteiger partial charge in [0.2, 0.25) is 0 Å². The Balaban J connectivity index is 1.70. The lowest BCUT2D eigenvalue weighted by Gasteiger charge is -2.27. The van der Waals surface area contributed by atoms with Crippen molar-refractivity contribution in [3.05, 3.63) is 40.1 Å². The summed E-state index contributed by atoms with van der Waals surface area (Å²) in [6.07, 6.45) is 2.89. The maximum atomic E-state index is 9.88. The molecule has 1 saturated heterocycles. The summed E-state index contributed by atoms with van der Waals surface area (Å²) in [5.41, 5.74) is 3.21. The third-order valence-electron chi connectivity index (χ3n) is 3.43. The van der Waals surface area contributed by atoms with E-state index in [2.05, 4.69) is 25.4 Å². The van der Waals surface area contributed by atoms with E-state index in [9.17, 15) is 5.11 Å². The summed E-state index contributed by atoms with van der Waals surface area (Å²) in [5, 5.41) is 14.5. The largest absolute Gasteiger partial charge is 0.506 e. The van der Waals surface area contributed by atoms with Crippen LogP contribution in [0.4, 0.5) is 11.6 Å². The number of phenolic OH excluding ortho intramolecular Hbond substituents is 1. The van der Waals surface area contributed by atoms with Crippen molar-refractivity contribution in [1.29, 1.82) is 0 Å². The van der Waals surface area contributed by atoms with Crippen LogP contribution in [0.15, 0.2) is 29.6 Å². The second kappa shape index (κ2) is 7.65. The monoisotopic (exact) mass is 367 g/mol. The van der Waals surface area contributed by atoms with Gasteiger partial charge in [0.05, 0.1) is 24.5 Å². The van der Waals surface area contributed by atoms with Gasteiger partial charge in [-0.15, -0.1) is 0 Å². The number of rotatable bonds is 4. The minimum Gasteiger partial charge on any atom is -0.506 e. The zero-order valence-corrected chi connectivity index (χ0v) is 14.1. The molecule has 1 aliphatic heterocycles. The Morgan fingerprint density at radius 3 is 2.79 bits per heavy atom. The van der Waals surface area contributed by atoms with Crippen LogP contribution in [0.2, 0.25) is 10.0 Å².